The van der Waals surface area contributed by atoms with Gasteiger partial charge in [0.25, 0.3) is 0 Å². The number of nitrogens with zero attached hydrogens (tertiary/aromatic N) is 1. The monoisotopic (exact) mass is 201 g/mol. The van der Waals surface area contributed by atoms with Crippen LogP contribution in [0.5, 0.6) is 0 Å². The van der Waals surface area contributed by atoms with Crippen LogP contribution in [0, 0.1) is 0 Å². The lowest BCUT2D eigenvalue weighted by atomic mass is 9.93. The lowest BCUT2D eigenvalue weighted by molar-refractivity contribution is -0.161. The van der Waals surface area contributed by atoms with Crippen LogP contribution in [0.15, 0.2) is 5.16 Å². The first-order chi connectivity index (χ1) is 6.79. The van der Waals surface area contributed by atoms with Crippen molar-refractivity contribution in [2.24, 2.45) is 5.16 Å². The molecule has 0 atom stereocenters. The van der Waals surface area contributed by atoms with Gasteiger partial charge in [-0.1, -0.05) is 18.0 Å². The molecule has 0 amide bonds. The molecule has 1 N–H and O–H groups in total. The van der Waals surface area contributed by atoms with Gasteiger partial charge in [-0.05, 0) is 19.3 Å². The molecule has 1 fully saturated rings. The maximum absolute atomic E-state index is 8.93. The van der Waals surface area contributed by atoms with Crippen molar-refractivity contribution in [3.8, 4) is 0 Å². The Labute approximate surface area is 84.9 Å². The highest BCUT2D eigenvalue weighted by molar-refractivity contribution is 5.90. The summed E-state index contributed by atoms with van der Waals surface area (Å²) in [5.74, 6) is -0.796. The standard InChI is InChI=1S/C10H19NO3/c1-13-10(14-2)8-6-4-3-5-7-9(10)11-12/h12H,3-8H2,1-2H3. The lowest BCUT2D eigenvalue weighted by Gasteiger charge is -2.32. The van der Waals surface area contributed by atoms with Crippen LogP contribution < -0.4 is 0 Å². The third kappa shape index (κ3) is 2.25. The molecule has 0 bridgehead atoms. The number of ether oxygens (including phenoxy) is 2. The van der Waals surface area contributed by atoms with Gasteiger partial charge in [-0.3, -0.25) is 0 Å². The molecule has 0 heterocycles. The minimum Gasteiger partial charge on any atom is -0.411 e. The Bertz CT molecular complexity index is 200. The average molecular weight is 201 g/mol. The first-order valence-corrected chi connectivity index (χ1v) is 5.11. The maximum Gasteiger partial charge on any atom is 0.211 e. The molecule has 4 nitrogen and oxygen atoms in total. The zero-order valence-electron chi connectivity index (χ0n) is 8.95. The lowest BCUT2D eigenvalue weighted by Crippen LogP contribution is -2.43. The Kier molecular flexibility index (Phi) is 4.35. The summed E-state index contributed by atoms with van der Waals surface area (Å²) in [7, 11) is 3.19. The van der Waals surface area contributed by atoms with Gasteiger partial charge in [0.15, 0.2) is 0 Å². The maximum atomic E-state index is 8.93. The van der Waals surface area contributed by atoms with E-state index in [1.54, 1.807) is 14.2 Å². The van der Waals surface area contributed by atoms with E-state index in [2.05, 4.69) is 5.16 Å². The van der Waals surface area contributed by atoms with Crippen LogP contribution in [-0.2, 0) is 9.47 Å². The highest BCUT2D eigenvalue weighted by Gasteiger charge is 2.36. The molecule has 1 aliphatic carbocycles. The fourth-order valence-electron chi connectivity index (χ4n) is 1.99. The smallest absolute Gasteiger partial charge is 0.211 e. The molecule has 0 aliphatic heterocycles. The summed E-state index contributed by atoms with van der Waals surface area (Å²) in [6, 6.07) is 0. The summed E-state index contributed by atoms with van der Waals surface area (Å²) in [4.78, 5) is 0. The molecule has 0 radical (unpaired) electrons. The molecule has 0 aromatic carbocycles. The molecule has 14 heavy (non-hydrogen) atoms. The third-order valence-corrected chi connectivity index (χ3v) is 2.89. The molecular weight excluding hydrogens is 182 g/mol. The van der Waals surface area contributed by atoms with Crippen LogP contribution in [0.2, 0.25) is 0 Å². The number of methoxy groups -OCH3 is 2. The Morgan fingerprint density at radius 1 is 1.14 bits per heavy atom. The summed E-state index contributed by atoms with van der Waals surface area (Å²) in [5.41, 5.74) is 0.613. The minimum absolute atomic E-state index is 0.613. The molecular formula is C10H19NO3. The Balaban J connectivity index is 2.82. The second-order valence-electron chi connectivity index (χ2n) is 3.62. The van der Waals surface area contributed by atoms with Crippen LogP contribution in [-0.4, -0.2) is 30.9 Å². The predicted octanol–water partition coefficient (Wildman–Crippen LogP) is 2.16. The van der Waals surface area contributed by atoms with Crippen molar-refractivity contribution in [3.63, 3.8) is 0 Å². The van der Waals surface area contributed by atoms with E-state index in [0.717, 1.165) is 25.7 Å². The fourth-order valence-corrected chi connectivity index (χ4v) is 1.99. The largest absolute Gasteiger partial charge is 0.411 e. The minimum atomic E-state index is -0.796. The van der Waals surface area contributed by atoms with Gasteiger partial charge >= 0.3 is 0 Å². The van der Waals surface area contributed by atoms with Gasteiger partial charge in [0, 0.05) is 20.6 Å². The van der Waals surface area contributed by atoms with E-state index >= 15 is 0 Å². The molecule has 0 saturated heterocycles. The highest BCUT2D eigenvalue weighted by Crippen LogP contribution is 2.27. The molecule has 0 spiro atoms. The SMILES string of the molecule is COC1(OC)CCCCCCC1=NO. The van der Waals surface area contributed by atoms with Crippen molar-refractivity contribution in [3.05, 3.63) is 0 Å². The quantitative estimate of drug-likeness (QED) is 0.423. The molecule has 82 valence electrons. The molecule has 1 aliphatic rings. The topological polar surface area (TPSA) is 51.0 Å². The summed E-state index contributed by atoms with van der Waals surface area (Å²) in [6.45, 7) is 0. The Morgan fingerprint density at radius 3 is 2.36 bits per heavy atom. The van der Waals surface area contributed by atoms with Crippen molar-refractivity contribution in [2.75, 3.05) is 14.2 Å². The van der Waals surface area contributed by atoms with Gasteiger partial charge in [-0.25, -0.2) is 0 Å². The van der Waals surface area contributed by atoms with E-state index in [9.17, 15) is 0 Å². The van der Waals surface area contributed by atoms with Crippen molar-refractivity contribution < 1.29 is 14.7 Å². The molecule has 0 aromatic heterocycles. The molecule has 1 saturated carbocycles. The van der Waals surface area contributed by atoms with Crippen molar-refractivity contribution in [1.82, 2.24) is 0 Å². The van der Waals surface area contributed by atoms with Gasteiger partial charge in [-0.2, -0.15) is 0 Å². The van der Waals surface area contributed by atoms with Crippen LogP contribution in [0.25, 0.3) is 0 Å². The first kappa shape index (κ1) is 11.5. The van der Waals surface area contributed by atoms with Gasteiger partial charge in [0.05, 0.1) is 0 Å². The average Bonchev–Trinajstić information content (AvgIpc) is 2.19. The van der Waals surface area contributed by atoms with Crippen molar-refractivity contribution in [2.45, 2.75) is 44.3 Å². The van der Waals surface area contributed by atoms with Gasteiger partial charge < -0.3 is 14.7 Å². The summed E-state index contributed by atoms with van der Waals surface area (Å²) >= 11 is 0. The van der Waals surface area contributed by atoms with E-state index in [0.29, 0.717) is 5.71 Å². The van der Waals surface area contributed by atoms with Gasteiger partial charge in [-0.15, -0.1) is 0 Å². The summed E-state index contributed by atoms with van der Waals surface area (Å²) in [5, 5.41) is 12.2. The first-order valence-electron chi connectivity index (χ1n) is 5.11. The number of rotatable bonds is 2. The second kappa shape index (κ2) is 5.32. The van der Waals surface area contributed by atoms with Crippen molar-refractivity contribution in [1.29, 1.82) is 0 Å². The Hall–Kier alpha value is -0.610. The van der Waals surface area contributed by atoms with Crippen LogP contribution >= 0.6 is 0 Å². The third-order valence-electron chi connectivity index (χ3n) is 2.89. The zero-order chi connectivity index (χ0) is 10.4. The number of hydrogen-bond acceptors (Lipinski definition) is 4. The highest BCUT2D eigenvalue weighted by atomic mass is 16.7. The summed E-state index contributed by atoms with van der Waals surface area (Å²) in [6.07, 6.45) is 5.96. The van der Waals surface area contributed by atoms with Crippen molar-refractivity contribution >= 4 is 5.71 Å². The number of hydrogen-bond donors (Lipinski definition) is 1. The zero-order valence-corrected chi connectivity index (χ0v) is 8.95. The van der Waals surface area contributed by atoms with E-state index in [1.807, 2.05) is 0 Å². The van der Waals surface area contributed by atoms with E-state index in [-0.39, 0.29) is 0 Å². The van der Waals surface area contributed by atoms with Crippen LogP contribution in [0.3, 0.4) is 0 Å². The van der Waals surface area contributed by atoms with Crippen LogP contribution in [0.4, 0.5) is 0 Å². The van der Waals surface area contributed by atoms with Crippen LogP contribution in [0.1, 0.15) is 38.5 Å². The molecule has 0 aromatic rings. The number of oxime groups is 1. The Morgan fingerprint density at radius 2 is 1.79 bits per heavy atom. The van der Waals surface area contributed by atoms with Gasteiger partial charge in [0.1, 0.15) is 5.71 Å². The second-order valence-corrected chi connectivity index (χ2v) is 3.62. The van der Waals surface area contributed by atoms with E-state index < -0.39 is 5.79 Å². The molecule has 1 rings (SSSR count). The molecule has 4 heteroatoms. The predicted molar refractivity (Wildman–Crippen MR) is 53.7 cm³/mol. The fraction of sp³-hybridized carbons (Fsp3) is 0.900. The normalized spacial score (nSPS) is 25.7. The van der Waals surface area contributed by atoms with Gasteiger partial charge in [0.2, 0.25) is 5.79 Å². The molecule has 0 unspecified atom stereocenters. The van der Waals surface area contributed by atoms with E-state index in [1.165, 1.54) is 12.8 Å². The van der Waals surface area contributed by atoms with E-state index in [4.69, 9.17) is 14.7 Å². The summed E-state index contributed by atoms with van der Waals surface area (Å²) < 4.78 is 10.7.